The topological polar surface area (TPSA) is 38.4 Å². The van der Waals surface area contributed by atoms with Crippen molar-refractivity contribution in [2.45, 2.75) is 0 Å². The van der Waals surface area contributed by atoms with Crippen molar-refractivity contribution in [2.75, 3.05) is 0 Å². The van der Waals surface area contributed by atoms with Crippen molar-refractivity contribution in [1.29, 1.82) is 0 Å². The van der Waals surface area contributed by atoms with Gasteiger partial charge in [-0.25, -0.2) is 4.99 Å². The van der Waals surface area contributed by atoms with E-state index in [0.717, 1.165) is 5.56 Å². The minimum atomic E-state index is 0.151. The first kappa shape index (κ1) is 9.61. The monoisotopic (exact) mass is 190 g/mol. The predicted octanol–water partition coefficient (Wildman–Crippen LogP) is 2.01. The Morgan fingerprint density at radius 3 is 2.62 bits per heavy atom. The second-order valence-electron chi connectivity index (χ2n) is 2.39. The zero-order chi connectivity index (χ0) is 9.52. The highest BCUT2D eigenvalue weighted by atomic mass is 32.1. The Morgan fingerprint density at radius 2 is 2.00 bits per heavy atom. The molecule has 13 heavy (non-hydrogen) atoms. The van der Waals surface area contributed by atoms with Gasteiger partial charge in [-0.3, -0.25) is 0 Å². The lowest BCUT2D eigenvalue weighted by molar-refractivity contribution is 1.64. The molecule has 2 nitrogen and oxygen atoms in total. The molecular formula is C10H10N2S. The summed E-state index contributed by atoms with van der Waals surface area (Å²) in [5.74, 6) is 0. The maximum atomic E-state index is 5.17. The average Bonchev–Trinajstić information content (AvgIpc) is 2.14. The van der Waals surface area contributed by atoms with E-state index in [0.29, 0.717) is 0 Å². The van der Waals surface area contributed by atoms with Gasteiger partial charge in [0.15, 0.2) is 5.11 Å². The zero-order valence-corrected chi connectivity index (χ0v) is 7.87. The molecule has 0 aromatic heterocycles. The van der Waals surface area contributed by atoms with Crippen molar-refractivity contribution in [2.24, 2.45) is 10.7 Å². The average molecular weight is 190 g/mol. The number of thiocarbonyl (C=S) groups is 1. The van der Waals surface area contributed by atoms with Crippen LogP contribution in [0.5, 0.6) is 0 Å². The third kappa shape index (κ3) is 4.18. The zero-order valence-electron chi connectivity index (χ0n) is 7.05. The van der Waals surface area contributed by atoms with Crippen molar-refractivity contribution in [3.63, 3.8) is 0 Å². The van der Waals surface area contributed by atoms with Crippen molar-refractivity contribution in [3.05, 3.63) is 42.0 Å². The molecule has 66 valence electrons. The van der Waals surface area contributed by atoms with E-state index in [1.807, 2.05) is 36.4 Å². The van der Waals surface area contributed by atoms with E-state index >= 15 is 0 Å². The van der Waals surface area contributed by atoms with Gasteiger partial charge in [0.1, 0.15) is 0 Å². The van der Waals surface area contributed by atoms with E-state index in [1.54, 1.807) is 12.3 Å². The van der Waals surface area contributed by atoms with Crippen LogP contribution in [0.2, 0.25) is 0 Å². The molecule has 0 aliphatic heterocycles. The fraction of sp³-hybridized carbons (Fsp3) is 0. The number of nitrogens with two attached hydrogens (primary N) is 1. The summed E-state index contributed by atoms with van der Waals surface area (Å²) >= 11 is 4.57. The first-order chi connectivity index (χ1) is 6.29. The molecule has 0 aliphatic rings. The maximum absolute atomic E-state index is 5.17. The van der Waals surface area contributed by atoms with Crippen molar-refractivity contribution in [1.82, 2.24) is 0 Å². The molecule has 0 radical (unpaired) electrons. The van der Waals surface area contributed by atoms with Gasteiger partial charge in [0.25, 0.3) is 0 Å². The molecule has 0 aliphatic carbocycles. The van der Waals surface area contributed by atoms with Crippen LogP contribution in [0, 0.1) is 0 Å². The summed E-state index contributed by atoms with van der Waals surface area (Å²) in [6, 6.07) is 9.94. The number of allylic oxidation sites excluding steroid dienone is 1. The van der Waals surface area contributed by atoms with Crippen LogP contribution in [-0.2, 0) is 0 Å². The first-order valence-electron chi connectivity index (χ1n) is 3.84. The Bertz CT molecular complexity index is 328. The van der Waals surface area contributed by atoms with E-state index in [-0.39, 0.29) is 5.11 Å². The van der Waals surface area contributed by atoms with Crippen LogP contribution in [0.4, 0.5) is 0 Å². The smallest absolute Gasteiger partial charge is 0.190 e. The Hall–Kier alpha value is -1.48. The van der Waals surface area contributed by atoms with Gasteiger partial charge in [-0.2, -0.15) is 0 Å². The van der Waals surface area contributed by atoms with Crippen molar-refractivity contribution in [3.8, 4) is 0 Å². The lowest BCUT2D eigenvalue weighted by Gasteiger charge is -1.88. The van der Waals surface area contributed by atoms with Gasteiger partial charge in [-0.1, -0.05) is 36.4 Å². The highest BCUT2D eigenvalue weighted by Crippen LogP contribution is 1.99. The highest BCUT2D eigenvalue weighted by molar-refractivity contribution is 7.80. The van der Waals surface area contributed by atoms with Crippen LogP contribution in [0.15, 0.2) is 41.4 Å². The Balaban J connectivity index is 2.55. The quantitative estimate of drug-likeness (QED) is 0.572. The van der Waals surface area contributed by atoms with Gasteiger partial charge < -0.3 is 5.73 Å². The lowest BCUT2D eigenvalue weighted by atomic mass is 10.2. The van der Waals surface area contributed by atoms with Gasteiger partial charge in [-0.15, -0.1) is 0 Å². The van der Waals surface area contributed by atoms with E-state index < -0.39 is 0 Å². The fourth-order valence-electron chi connectivity index (χ4n) is 0.835. The molecule has 0 amide bonds. The number of nitrogens with zero attached hydrogens (tertiary/aromatic N) is 1. The number of benzene rings is 1. The van der Waals surface area contributed by atoms with E-state index in [1.165, 1.54) is 0 Å². The largest absolute Gasteiger partial charge is 0.374 e. The Kier molecular flexibility index (Phi) is 3.85. The minimum absolute atomic E-state index is 0.151. The molecule has 1 aromatic rings. The molecule has 2 N–H and O–H groups in total. The minimum Gasteiger partial charge on any atom is -0.374 e. The molecule has 0 fully saturated rings. The normalized spacial score (nSPS) is 11.1. The lowest BCUT2D eigenvalue weighted by Crippen LogP contribution is -2.02. The van der Waals surface area contributed by atoms with Crippen molar-refractivity contribution >= 4 is 29.6 Å². The molecule has 0 unspecified atom stereocenters. The molecule has 0 saturated carbocycles. The molecule has 0 saturated heterocycles. The first-order valence-corrected chi connectivity index (χ1v) is 4.25. The summed E-state index contributed by atoms with van der Waals surface area (Å²) in [4.78, 5) is 3.74. The maximum Gasteiger partial charge on any atom is 0.190 e. The molecule has 3 heteroatoms. The van der Waals surface area contributed by atoms with Crippen LogP contribution in [0.3, 0.4) is 0 Å². The number of rotatable bonds is 2. The summed E-state index contributed by atoms with van der Waals surface area (Å²) in [7, 11) is 0. The molecule has 1 aromatic carbocycles. The Morgan fingerprint density at radius 1 is 1.31 bits per heavy atom. The third-order valence-corrected chi connectivity index (χ3v) is 1.48. The molecule has 0 spiro atoms. The van der Waals surface area contributed by atoms with Crippen molar-refractivity contribution < 1.29 is 0 Å². The Labute approximate surface area is 82.8 Å². The number of aliphatic imine (C=N–C) groups is 1. The standard InChI is InChI=1S/C10H10N2S/c11-10(13)12-8-4-7-9-5-2-1-3-6-9/h1-8H,(H2,11,13)/b7-4-,12-8?. The second-order valence-corrected chi connectivity index (χ2v) is 2.80. The predicted molar refractivity (Wildman–Crippen MR) is 60.8 cm³/mol. The van der Waals surface area contributed by atoms with Crippen LogP contribution >= 0.6 is 12.2 Å². The van der Waals surface area contributed by atoms with Gasteiger partial charge in [0, 0.05) is 6.21 Å². The SMILES string of the molecule is NC(=S)N=C/C=C\c1ccccc1. The number of hydrogen-bond donors (Lipinski definition) is 1. The van der Waals surface area contributed by atoms with Gasteiger partial charge in [-0.05, 0) is 23.9 Å². The molecular weight excluding hydrogens is 180 g/mol. The van der Waals surface area contributed by atoms with Crippen LogP contribution in [-0.4, -0.2) is 11.3 Å². The van der Waals surface area contributed by atoms with Gasteiger partial charge in [0.05, 0.1) is 0 Å². The second kappa shape index (κ2) is 5.22. The summed E-state index contributed by atoms with van der Waals surface area (Å²) in [6.45, 7) is 0. The molecule has 0 atom stereocenters. The summed E-state index contributed by atoms with van der Waals surface area (Å²) < 4.78 is 0. The van der Waals surface area contributed by atoms with E-state index in [9.17, 15) is 0 Å². The summed E-state index contributed by atoms with van der Waals surface area (Å²) in [5, 5.41) is 0.151. The van der Waals surface area contributed by atoms with Gasteiger partial charge in [0.2, 0.25) is 0 Å². The fourth-order valence-corrected chi connectivity index (χ4v) is 0.896. The third-order valence-electron chi connectivity index (χ3n) is 1.38. The van der Waals surface area contributed by atoms with E-state index in [2.05, 4.69) is 17.2 Å². The summed E-state index contributed by atoms with van der Waals surface area (Å²) in [6.07, 6.45) is 5.31. The van der Waals surface area contributed by atoms with Crippen LogP contribution < -0.4 is 5.73 Å². The number of hydrogen-bond acceptors (Lipinski definition) is 1. The van der Waals surface area contributed by atoms with E-state index in [4.69, 9.17) is 5.73 Å². The highest BCUT2D eigenvalue weighted by Gasteiger charge is 1.80. The van der Waals surface area contributed by atoms with Gasteiger partial charge >= 0.3 is 0 Å². The van der Waals surface area contributed by atoms with Crippen LogP contribution in [0.25, 0.3) is 6.08 Å². The van der Waals surface area contributed by atoms with Crippen LogP contribution in [0.1, 0.15) is 5.56 Å². The molecule has 0 bridgehead atoms. The summed E-state index contributed by atoms with van der Waals surface area (Å²) in [5.41, 5.74) is 6.29. The molecule has 1 rings (SSSR count). The molecule has 0 heterocycles.